The quantitative estimate of drug-likeness (QED) is 0.463. The van der Waals surface area contributed by atoms with Crippen LogP contribution in [0.3, 0.4) is 0 Å². The number of nitrogens with zero attached hydrogens (tertiary/aromatic N) is 1. The molecule has 0 radical (unpaired) electrons. The molecule has 1 fully saturated rings. The summed E-state index contributed by atoms with van der Waals surface area (Å²) in [5.41, 5.74) is 1.28. The van der Waals surface area contributed by atoms with Crippen molar-refractivity contribution in [1.82, 2.24) is 10.2 Å². The molecule has 9 nitrogen and oxygen atoms in total. The Kier molecular flexibility index (Phi) is 8.98. The van der Waals surface area contributed by atoms with E-state index in [1.165, 1.54) is 16.7 Å². The zero-order valence-corrected chi connectivity index (χ0v) is 21.3. The van der Waals surface area contributed by atoms with Crippen LogP contribution in [0.2, 0.25) is 0 Å². The van der Waals surface area contributed by atoms with Crippen LogP contribution in [0.25, 0.3) is 0 Å². The summed E-state index contributed by atoms with van der Waals surface area (Å²) < 4.78 is 5.56. The number of carbonyl (C=O) groups is 4. The maximum Gasteiger partial charge on any atom is 0.330 e. The Hall–Kier alpha value is -3.53. The van der Waals surface area contributed by atoms with Gasteiger partial charge >= 0.3 is 18.0 Å². The van der Waals surface area contributed by atoms with Crippen molar-refractivity contribution >= 4 is 41.3 Å². The average molecular weight is 514 g/mol. The van der Waals surface area contributed by atoms with Crippen LogP contribution in [0.1, 0.15) is 31.9 Å². The number of carboxylic acids is 1. The van der Waals surface area contributed by atoms with Crippen molar-refractivity contribution < 1.29 is 29.0 Å². The van der Waals surface area contributed by atoms with Crippen molar-refractivity contribution in [2.75, 3.05) is 17.6 Å². The van der Waals surface area contributed by atoms with Crippen LogP contribution in [0.5, 0.6) is 0 Å². The fourth-order valence-electron chi connectivity index (χ4n) is 3.78. The van der Waals surface area contributed by atoms with Crippen LogP contribution < -0.4 is 10.6 Å². The molecule has 1 heterocycles. The standard InChI is InChI=1S/C26H31N3O6S/c1-26(2,3)35-24(33)20-16-36-22(13-17-8-5-4-6-9-17)29(20)21(30)15-27-25(34)28-19-11-7-10-18(12-19)14-23(31)32/h4-12,20,22H,13-16H2,1-3H3,(H,31,32)(H2,27,28,34). The zero-order chi connectivity index (χ0) is 26.3. The van der Waals surface area contributed by atoms with Crippen LogP contribution >= 0.6 is 11.8 Å². The summed E-state index contributed by atoms with van der Waals surface area (Å²) in [6, 6.07) is 14.8. The van der Waals surface area contributed by atoms with Gasteiger partial charge in [-0.3, -0.25) is 9.59 Å². The van der Waals surface area contributed by atoms with Crippen molar-refractivity contribution in [2.45, 2.75) is 50.6 Å². The topological polar surface area (TPSA) is 125 Å². The lowest BCUT2D eigenvalue weighted by atomic mass is 10.1. The van der Waals surface area contributed by atoms with Gasteiger partial charge in [0.1, 0.15) is 11.6 Å². The zero-order valence-electron chi connectivity index (χ0n) is 20.5. The van der Waals surface area contributed by atoms with Gasteiger partial charge in [0, 0.05) is 17.9 Å². The van der Waals surface area contributed by atoms with E-state index in [2.05, 4.69) is 10.6 Å². The second-order valence-corrected chi connectivity index (χ2v) is 10.6. The third-order valence-electron chi connectivity index (χ3n) is 5.25. The van der Waals surface area contributed by atoms with Crippen molar-refractivity contribution in [2.24, 2.45) is 0 Å². The fourth-order valence-corrected chi connectivity index (χ4v) is 5.21. The second kappa shape index (κ2) is 11.9. The minimum absolute atomic E-state index is 0.170. The van der Waals surface area contributed by atoms with Crippen LogP contribution in [-0.4, -0.2) is 63.2 Å². The smallest absolute Gasteiger partial charge is 0.330 e. The van der Waals surface area contributed by atoms with E-state index in [0.29, 0.717) is 23.4 Å². The average Bonchev–Trinajstić information content (AvgIpc) is 3.20. The van der Waals surface area contributed by atoms with Crippen LogP contribution in [0, 0.1) is 0 Å². The molecule has 2 unspecified atom stereocenters. The molecule has 1 aliphatic rings. The van der Waals surface area contributed by atoms with Gasteiger partial charge < -0.3 is 25.4 Å². The lowest BCUT2D eigenvalue weighted by Crippen LogP contribution is -2.51. The number of esters is 1. The van der Waals surface area contributed by atoms with Gasteiger partial charge in [-0.15, -0.1) is 11.8 Å². The first-order valence-corrected chi connectivity index (χ1v) is 12.6. The Morgan fingerprint density at radius 3 is 2.42 bits per heavy atom. The number of hydrogen-bond acceptors (Lipinski definition) is 6. The summed E-state index contributed by atoms with van der Waals surface area (Å²) in [5.74, 6) is -1.44. The van der Waals surface area contributed by atoms with Crippen molar-refractivity contribution in [3.8, 4) is 0 Å². The highest BCUT2D eigenvalue weighted by molar-refractivity contribution is 8.00. The molecule has 2 atom stereocenters. The molecule has 0 aliphatic carbocycles. The molecule has 0 saturated carbocycles. The molecule has 2 aromatic carbocycles. The Bertz CT molecular complexity index is 1100. The number of benzene rings is 2. The number of thioether (sulfide) groups is 1. The Morgan fingerprint density at radius 1 is 1.06 bits per heavy atom. The minimum Gasteiger partial charge on any atom is -0.481 e. The molecule has 2 aromatic rings. The molecule has 36 heavy (non-hydrogen) atoms. The molecule has 0 spiro atoms. The molecular formula is C26H31N3O6S. The van der Waals surface area contributed by atoms with E-state index < -0.39 is 35.5 Å². The molecule has 0 bridgehead atoms. The van der Waals surface area contributed by atoms with Gasteiger partial charge in [0.05, 0.1) is 18.3 Å². The lowest BCUT2D eigenvalue weighted by Gasteiger charge is -2.30. The lowest BCUT2D eigenvalue weighted by molar-refractivity contribution is -0.163. The van der Waals surface area contributed by atoms with Gasteiger partial charge in [-0.25, -0.2) is 9.59 Å². The van der Waals surface area contributed by atoms with Gasteiger partial charge in [0.15, 0.2) is 0 Å². The number of amides is 3. The monoisotopic (exact) mass is 513 g/mol. The predicted octanol–water partition coefficient (Wildman–Crippen LogP) is 3.29. The van der Waals surface area contributed by atoms with Crippen molar-refractivity contribution in [3.05, 3.63) is 65.7 Å². The van der Waals surface area contributed by atoms with E-state index in [1.54, 1.807) is 45.0 Å². The van der Waals surface area contributed by atoms with Gasteiger partial charge in [0.2, 0.25) is 5.91 Å². The molecule has 1 aliphatic heterocycles. The molecule has 3 N–H and O–H groups in total. The highest BCUT2D eigenvalue weighted by Crippen LogP contribution is 2.33. The largest absolute Gasteiger partial charge is 0.481 e. The molecule has 3 rings (SSSR count). The molecule has 3 amide bonds. The van der Waals surface area contributed by atoms with E-state index >= 15 is 0 Å². The number of hydrogen-bond donors (Lipinski definition) is 3. The molecular weight excluding hydrogens is 482 g/mol. The van der Waals surface area contributed by atoms with Gasteiger partial charge in [-0.05, 0) is 44.0 Å². The van der Waals surface area contributed by atoms with E-state index in [-0.39, 0.29) is 18.3 Å². The SMILES string of the molecule is CC(C)(C)OC(=O)C1CSC(Cc2ccccc2)N1C(=O)CNC(=O)Nc1cccc(CC(=O)O)c1. The summed E-state index contributed by atoms with van der Waals surface area (Å²) in [6.45, 7) is 5.01. The fraction of sp³-hybridized carbons (Fsp3) is 0.385. The second-order valence-electron chi connectivity index (χ2n) is 9.41. The van der Waals surface area contributed by atoms with E-state index in [0.717, 1.165) is 5.56 Å². The number of carbonyl (C=O) groups excluding carboxylic acids is 3. The third-order valence-corrected chi connectivity index (χ3v) is 6.54. The van der Waals surface area contributed by atoms with Crippen LogP contribution in [0.15, 0.2) is 54.6 Å². The van der Waals surface area contributed by atoms with E-state index in [1.807, 2.05) is 30.3 Å². The van der Waals surface area contributed by atoms with Crippen molar-refractivity contribution in [3.63, 3.8) is 0 Å². The summed E-state index contributed by atoms with van der Waals surface area (Å²) in [4.78, 5) is 51.0. The Labute approximate surface area is 214 Å². The number of ether oxygens (including phenoxy) is 1. The first kappa shape index (κ1) is 27.1. The molecule has 10 heteroatoms. The first-order valence-electron chi connectivity index (χ1n) is 11.6. The van der Waals surface area contributed by atoms with Crippen LogP contribution in [-0.2, 0) is 32.0 Å². The number of rotatable bonds is 8. The third kappa shape index (κ3) is 8.01. The summed E-state index contributed by atoms with van der Waals surface area (Å²) in [6.07, 6.45) is 0.385. The normalized spacial score (nSPS) is 17.4. The van der Waals surface area contributed by atoms with Crippen LogP contribution in [0.4, 0.5) is 10.5 Å². The van der Waals surface area contributed by atoms with E-state index in [9.17, 15) is 19.2 Å². The summed E-state index contributed by atoms with van der Waals surface area (Å²) in [7, 11) is 0. The number of anilines is 1. The van der Waals surface area contributed by atoms with Gasteiger partial charge in [-0.2, -0.15) is 0 Å². The molecule has 1 saturated heterocycles. The van der Waals surface area contributed by atoms with Gasteiger partial charge in [-0.1, -0.05) is 42.5 Å². The van der Waals surface area contributed by atoms with Gasteiger partial charge in [0.25, 0.3) is 0 Å². The summed E-state index contributed by atoms with van der Waals surface area (Å²) >= 11 is 1.51. The summed E-state index contributed by atoms with van der Waals surface area (Å²) in [5, 5.41) is 13.8. The maximum absolute atomic E-state index is 13.3. The highest BCUT2D eigenvalue weighted by atomic mass is 32.2. The highest BCUT2D eigenvalue weighted by Gasteiger charge is 2.43. The Morgan fingerprint density at radius 2 is 1.75 bits per heavy atom. The number of urea groups is 1. The Balaban J connectivity index is 1.67. The maximum atomic E-state index is 13.3. The minimum atomic E-state index is -0.977. The molecule has 192 valence electrons. The number of nitrogens with one attached hydrogen (secondary N) is 2. The van der Waals surface area contributed by atoms with Crippen molar-refractivity contribution in [1.29, 1.82) is 0 Å². The number of aliphatic carboxylic acids is 1. The van der Waals surface area contributed by atoms with E-state index in [4.69, 9.17) is 9.84 Å². The first-order chi connectivity index (χ1) is 17.0. The number of carboxylic acid groups (broad SMARTS) is 1. The predicted molar refractivity (Wildman–Crippen MR) is 138 cm³/mol. The molecule has 0 aromatic heterocycles.